The van der Waals surface area contributed by atoms with Crippen molar-refractivity contribution < 1.29 is 28.6 Å². The first kappa shape index (κ1) is 73.3. The number of rotatable bonds is 59. The molecule has 0 fully saturated rings. The number of esters is 3. The van der Waals surface area contributed by atoms with E-state index in [0.717, 1.165) is 109 Å². The maximum Gasteiger partial charge on any atom is 0.306 e. The third-order valence-electron chi connectivity index (χ3n) is 14.1. The fraction of sp³-hybridized carbons (Fsp3) is 0.732. The van der Waals surface area contributed by atoms with Crippen molar-refractivity contribution in [3.8, 4) is 0 Å². The predicted molar refractivity (Wildman–Crippen MR) is 334 cm³/mol. The Balaban J connectivity index is 4.13. The van der Waals surface area contributed by atoms with Crippen molar-refractivity contribution in [3.63, 3.8) is 0 Å². The van der Waals surface area contributed by atoms with Gasteiger partial charge in [0, 0.05) is 19.3 Å². The Morgan fingerprint density at radius 1 is 0.273 bits per heavy atom. The van der Waals surface area contributed by atoms with Gasteiger partial charge in [-0.25, -0.2) is 0 Å². The van der Waals surface area contributed by atoms with Crippen LogP contribution < -0.4 is 0 Å². The van der Waals surface area contributed by atoms with Crippen LogP contribution in [0, 0.1) is 0 Å². The highest BCUT2D eigenvalue weighted by Gasteiger charge is 2.19. The van der Waals surface area contributed by atoms with Gasteiger partial charge in [0.1, 0.15) is 13.2 Å². The fourth-order valence-corrected chi connectivity index (χ4v) is 9.18. The van der Waals surface area contributed by atoms with E-state index in [1.54, 1.807) is 0 Å². The summed E-state index contributed by atoms with van der Waals surface area (Å²) in [6, 6.07) is 0. The van der Waals surface area contributed by atoms with Crippen molar-refractivity contribution >= 4 is 17.9 Å². The van der Waals surface area contributed by atoms with Crippen LogP contribution in [0.15, 0.2) is 97.2 Å². The van der Waals surface area contributed by atoms with Crippen molar-refractivity contribution in [2.75, 3.05) is 13.2 Å². The molecule has 0 heterocycles. The van der Waals surface area contributed by atoms with Gasteiger partial charge in [-0.15, -0.1) is 0 Å². The van der Waals surface area contributed by atoms with E-state index in [9.17, 15) is 14.4 Å². The number of hydrogen-bond acceptors (Lipinski definition) is 6. The third kappa shape index (κ3) is 63.0. The van der Waals surface area contributed by atoms with Gasteiger partial charge in [0.15, 0.2) is 6.10 Å². The summed E-state index contributed by atoms with van der Waals surface area (Å²) in [5, 5.41) is 0. The van der Waals surface area contributed by atoms with Crippen molar-refractivity contribution in [3.05, 3.63) is 97.2 Å². The summed E-state index contributed by atoms with van der Waals surface area (Å²) < 4.78 is 16.8. The molecule has 77 heavy (non-hydrogen) atoms. The summed E-state index contributed by atoms with van der Waals surface area (Å²) in [5.74, 6) is -0.884. The van der Waals surface area contributed by atoms with Crippen LogP contribution in [0.25, 0.3) is 0 Å². The molecule has 0 amide bonds. The minimum Gasteiger partial charge on any atom is -0.462 e. The molecule has 0 N–H and O–H groups in total. The molecular formula is C71H122O6. The summed E-state index contributed by atoms with van der Waals surface area (Å²) in [4.78, 5) is 38.1. The summed E-state index contributed by atoms with van der Waals surface area (Å²) in [6.07, 6.45) is 87.3. The first-order valence-corrected chi connectivity index (χ1v) is 32.7. The number of hydrogen-bond donors (Lipinski definition) is 0. The lowest BCUT2D eigenvalue weighted by atomic mass is 10.0. The standard InChI is InChI=1S/C71H122O6/c1-4-7-10-13-16-18-20-22-24-26-28-30-32-33-34-35-36-37-39-40-42-44-46-48-50-52-55-58-61-64-70(73)76-67-68(66-75-69(72)63-60-57-54-15-12-9-6-3)77-71(74)65-62-59-56-53-51-49-47-45-43-41-38-31-29-27-25-23-21-19-17-14-11-8-5-2/h7,10,16,18,21-24,27-30,33-34,38,41,68H,4-6,8-9,11-15,17,19-20,25-26,31-32,35-37,39-40,42-67H2,1-3H3/b10-7-,18-16-,23-21-,24-22-,29-27-,30-28-,34-33-,41-38-. The van der Waals surface area contributed by atoms with E-state index >= 15 is 0 Å². The summed E-state index contributed by atoms with van der Waals surface area (Å²) in [6.45, 7) is 6.49. The first-order chi connectivity index (χ1) is 38.0. The maximum atomic E-state index is 12.9. The zero-order chi connectivity index (χ0) is 55.7. The van der Waals surface area contributed by atoms with E-state index < -0.39 is 6.10 Å². The molecule has 0 radical (unpaired) electrons. The lowest BCUT2D eigenvalue weighted by Crippen LogP contribution is -2.30. The van der Waals surface area contributed by atoms with E-state index in [1.807, 2.05) is 0 Å². The molecule has 0 spiro atoms. The summed E-state index contributed by atoms with van der Waals surface area (Å²) >= 11 is 0. The Labute approximate surface area is 477 Å². The van der Waals surface area contributed by atoms with Gasteiger partial charge in [0.2, 0.25) is 0 Å². The molecule has 442 valence electrons. The topological polar surface area (TPSA) is 78.9 Å². The second-order valence-corrected chi connectivity index (χ2v) is 21.6. The van der Waals surface area contributed by atoms with Crippen molar-refractivity contribution in [1.29, 1.82) is 0 Å². The molecule has 0 aliphatic rings. The van der Waals surface area contributed by atoms with E-state index in [0.29, 0.717) is 19.3 Å². The SMILES string of the molecule is CC/C=C\C/C=C\C/C=C\C/C=C\C/C=C\CCCCCCCCCCCCCCCC(=O)OCC(COC(=O)CCCCCCCCC)OC(=O)CCCCCCCCCC/C=C\C/C=C\C/C=C\CCCCCCC. The lowest BCUT2D eigenvalue weighted by Gasteiger charge is -2.18. The highest BCUT2D eigenvalue weighted by Crippen LogP contribution is 2.16. The van der Waals surface area contributed by atoms with Gasteiger partial charge in [-0.2, -0.15) is 0 Å². The molecule has 0 bridgehead atoms. The van der Waals surface area contributed by atoms with Crippen LogP contribution in [0.1, 0.15) is 316 Å². The predicted octanol–water partition coefficient (Wildman–Crippen LogP) is 22.4. The highest BCUT2D eigenvalue weighted by atomic mass is 16.6. The van der Waals surface area contributed by atoms with Crippen molar-refractivity contribution in [2.24, 2.45) is 0 Å². The summed E-state index contributed by atoms with van der Waals surface area (Å²) in [7, 11) is 0. The van der Waals surface area contributed by atoms with Crippen molar-refractivity contribution in [2.45, 2.75) is 322 Å². The second kappa shape index (κ2) is 64.9. The Morgan fingerprint density at radius 2 is 0.506 bits per heavy atom. The van der Waals surface area contributed by atoms with Crippen LogP contribution in [0.3, 0.4) is 0 Å². The molecule has 1 atom stereocenters. The highest BCUT2D eigenvalue weighted by molar-refractivity contribution is 5.71. The third-order valence-corrected chi connectivity index (χ3v) is 14.1. The van der Waals surface area contributed by atoms with E-state index in [-0.39, 0.29) is 31.1 Å². The van der Waals surface area contributed by atoms with Gasteiger partial charge in [0.05, 0.1) is 0 Å². The molecule has 0 saturated carbocycles. The van der Waals surface area contributed by atoms with Crippen LogP contribution in [-0.4, -0.2) is 37.2 Å². The number of allylic oxidation sites excluding steroid dienone is 16. The molecule has 0 aromatic heterocycles. The molecule has 0 saturated heterocycles. The molecule has 0 aromatic carbocycles. The lowest BCUT2D eigenvalue weighted by molar-refractivity contribution is -0.167. The zero-order valence-corrected chi connectivity index (χ0v) is 50.7. The Hall–Kier alpha value is -3.67. The van der Waals surface area contributed by atoms with Crippen LogP contribution in [0.5, 0.6) is 0 Å². The Kier molecular flexibility index (Phi) is 61.8. The molecule has 0 aromatic rings. The van der Waals surface area contributed by atoms with Crippen LogP contribution in [-0.2, 0) is 28.6 Å². The van der Waals surface area contributed by atoms with Gasteiger partial charge in [-0.1, -0.05) is 291 Å². The van der Waals surface area contributed by atoms with Gasteiger partial charge in [-0.3, -0.25) is 14.4 Å². The average Bonchev–Trinajstić information content (AvgIpc) is 3.43. The molecule has 0 aliphatic carbocycles. The van der Waals surface area contributed by atoms with Crippen LogP contribution in [0.2, 0.25) is 0 Å². The van der Waals surface area contributed by atoms with Crippen LogP contribution >= 0.6 is 0 Å². The van der Waals surface area contributed by atoms with Gasteiger partial charge in [-0.05, 0) is 103 Å². The summed E-state index contributed by atoms with van der Waals surface area (Å²) in [5.41, 5.74) is 0. The molecule has 0 rings (SSSR count). The number of unbranched alkanes of at least 4 members (excludes halogenated alkanes) is 32. The fourth-order valence-electron chi connectivity index (χ4n) is 9.18. The zero-order valence-electron chi connectivity index (χ0n) is 50.7. The number of carbonyl (C=O) groups is 3. The minimum atomic E-state index is -0.780. The number of carbonyl (C=O) groups excluding carboxylic acids is 3. The number of ether oxygens (including phenoxy) is 3. The Morgan fingerprint density at radius 3 is 0.792 bits per heavy atom. The van der Waals surface area contributed by atoms with Gasteiger partial charge in [0.25, 0.3) is 0 Å². The first-order valence-electron chi connectivity index (χ1n) is 32.7. The second-order valence-electron chi connectivity index (χ2n) is 21.6. The largest absolute Gasteiger partial charge is 0.462 e. The quantitative estimate of drug-likeness (QED) is 0.0261. The normalized spacial score (nSPS) is 12.7. The maximum absolute atomic E-state index is 12.9. The minimum absolute atomic E-state index is 0.0785. The Bertz CT molecular complexity index is 1510. The molecule has 6 heteroatoms. The monoisotopic (exact) mass is 1070 g/mol. The van der Waals surface area contributed by atoms with Gasteiger partial charge < -0.3 is 14.2 Å². The van der Waals surface area contributed by atoms with E-state index in [4.69, 9.17) is 14.2 Å². The molecule has 1 unspecified atom stereocenters. The van der Waals surface area contributed by atoms with Gasteiger partial charge >= 0.3 is 17.9 Å². The smallest absolute Gasteiger partial charge is 0.306 e. The average molecular weight is 1070 g/mol. The molecule has 6 nitrogen and oxygen atoms in total. The molecule has 0 aliphatic heterocycles. The van der Waals surface area contributed by atoms with Crippen molar-refractivity contribution in [1.82, 2.24) is 0 Å². The molecular weight excluding hydrogens is 949 g/mol. The van der Waals surface area contributed by atoms with E-state index in [2.05, 4.69) is 118 Å². The van der Waals surface area contributed by atoms with Crippen LogP contribution in [0.4, 0.5) is 0 Å². The van der Waals surface area contributed by atoms with E-state index in [1.165, 1.54) is 167 Å².